The molecule has 2 unspecified atom stereocenters. The SMILES string of the molecule is CC(NC(O)c1ncnc(C#CCCO)c1Cl)c1ncc(C(=O)Nc2cc(C(F)(F)F)c(Cl)cn2)s1. The molecule has 2 atom stereocenters. The molecule has 3 rings (SSSR count). The zero-order chi connectivity index (χ0) is 26.5. The minimum absolute atomic E-state index is 0.0306. The molecule has 3 heterocycles. The van der Waals surface area contributed by atoms with Gasteiger partial charge < -0.3 is 15.5 Å². The van der Waals surface area contributed by atoms with Gasteiger partial charge in [-0.25, -0.2) is 19.9 Å². The molecule has 0 radical (unpaired) electrons. The van der Waals surface area contributed by atoms with Crippen molar-refractivity contribution in [1.29, 1.82) is 0 Å². The Kier molecular flexibility index (Phi) is 9.18. The summed E-state index contributed by atoms with van der Waals surface area (Å²) < 4.78 is 39.1. The highest BCUT2D eigenvalue weighted by atomic mass is 35.5. The van der Waals surface area contributed by atoms with Crippen LogP contribution in [0.2, 0.25) is 10.0 Å². The fourth-order valence-electron chi connectivity index (χ4n) is 2.75. The third kappa shape index (κ3) is 6.88. The van der Waals surface area contributed by atoms with Crippen molar-refractivity contribution in [1.82, 2.24) is 25.3 Å². The molecule has 190 valence electrons. The normalized spacial score (nSPS) is 13.0. The van der Waals surface area contributed by atoms with Crippen LogP contribution >= 0.6 is 34.5 Å². The Balaban J connectivity index is 1.69. The highest BCUT2D eigenvalue weighted by Crippen LogP contribution is 2.35. The molecule has 3 aromatic rings. The zero-order valence-corrected chi connectivity index (χ0v) is 20.6. The van der Waals surface area contributed by atoms with Crippen molar-refractivity contribution in [3.8, 4) is 11.8 Å². The van der Waals surface area contributed by atoms with Crippen molar-refractivity contribution < 1.29 is 28.2 Å². The van der Waals surface area contributed by atoms with Crippen molar-refractivity contribution in [3.63, 3.8) is 0 Å². The Bertz CT molecular complexity index is 1310. The average Bonchev–Trinajstić information content (AvgIpc) is 3.31. The first kappa shape index (κ1) is 27.7. The van der Waals surface area contributed by atoms with Crippen LogP contribution in [-0.4, -0.2) is 42.7 Å². The Morgan fingerprint density at radius 3 is 2.67 bits per heavy atom. The van der Waals surface area contributed by atoms with Gasteiger partial charge in [-0.15, -0.1) is 11.3 Å². The molecule has 0 aliphatic heterocycles. The summed E-state index contributed by atoms with van der Waals surface area (Å²) in [5, 5.41) is 24.3. The van der Waals surface area contributed by atoms with Gasteiger partial charge in [0.2, 0.25) is 0 Å². The van der Waals surface area contributed by atoms with Gasteiger partial charge in [0.25, 0.3) is 5.91 Å². The van der Waals surface area contributed by atoms with E-state index in [0.29, 0.717) is 11.1 Å². The van der Waals surface area contributed by atoms with E-state index in [1.54, 1.807) is 6.92 Å². The predicted octanol–water partition coefficient (Wildman–Crippen LogP) is 3.98. The lowest BCUT2D eigenvalue weighted by Crippen LogP contribution is -2.25. The molecular formula is C21H17Cl2F3N6O3S. The van der Waals surface area contributed by atoms with Crippen LogP contribution < -0.4 is 10.6 Å². The predicted molar refractivity (Wildman–Crippen MR) is 126 cm³/mol. The molecule has 0 saturated carbocycles. The van der Waals surface area contributed by atoms with E-state index >= 15 is 0 Å². The molecule has 36 heavy (non-hydrogen) atoms. The molecular weight excluding hydrogens is 544 g/mol. The van der Waals surface area contributed by atoms with E-state index in [1.165, 1.54) is 12.5 Å². The summed E-state index contributed by atoms with van der Waals surface area (Å²) in [5.74, 6) is 4.31. The van der Waals surface area contributed by atoms with E-state index in [4.69, 9.17) is 28.3 Å². The number of amides is 1. The first-order chi connectivity index (χ1) is 17.0. The summed E-state index contributed by atoms with van der Waals surface area (Å²) in [6.45, 7) is 1.54. The molecule has 0 bridgehead atoms. The molecule has 0 aliphatic carbocycles. The third-order valence-corrected chi connectivity index (χ3v) is 6.30. The highest BCUT2D eigenvalue weighted by molar-refractivity contribution is 7.13. The molecule has 0 aliphatic rings. The van der Waals surface area contributed by atoms with Gasteiger partial charge in [-0.1, -0.05) is 29.1 Å². The van der Waals surface area contributed by atoms with E-state index in [9.17, 15) is 23.1 Å². The van der Waals surface area contributed by atoms with Gasteiger partial charge in [0.1, 0.15) is 44.7 Å². The first-order valence-corrected chi connectivity index (χ1v) is 11.6. The fourth-order valence-corrected chi connectivity index (χ4v) is 4.03. The van der Waals surface area contributed by atoms with Gasteiger partial charge in [0, 0.05) is 12.6 Å². The van der Waals surface area contributed by atoms with Crippen LogP contribution in [0.3, 0.4) is 0 Å². The van der Waals surface area contributed by atoms with E-state index in [-0.39, 0.29) is 40.1 Å². The van der Waals surface area contributed by atoms with Crippen molar-refractivity contribution in [2.45, 2.75) is 31.8 Å². The Morgan fingerprint density at radius 1 is 1.22 bits per heavy atom. The lowest BCUT2D eigenvalue weighted by molar-refractivity contribution is -0.137. The number of carbonyl (C=O) groups excluding carboxylic acids is 1. The second kappa shape index (κ2) is 11.9. The zero-order valence-electron chi connectivity index (χ0n) is 18.3. The quantitative estimate of drug-likeness (QED) is 0.252. The van der Waals surface area contributed by atoms with Gasteiger partial charge in [0.05, 0.1) is 29.4 Å². The monoisotopic (exact) mass is 560 g/mol. The lowest BCUT2D eigenvalue weighted by atomic mass is 10.2. The highest BCUT2D eigenvalue weighted by Gasteiger charge is 2.34. The number of aliphatic hydroxyl groups excluding tert-OH is 2. The van der Waals surface area contributed by atoms with Gasteiger partial charge in [0.15, 0.2) is 0 Å². The summed E-state index contributed by atoms with van der Waals surface area (Å²) in [7, 11) is 0. The van der Waals surface area contributed by atoms with Crippen LogP contribution in [0, 0.1) is 11.8 Å². The largest absolute Gasteiger partial charge is 0.418 e. The second-order valence-corrected chi connectivity index (χ2v) is 8.90. The lowest BCUT2D eigenvalue weighted by Gasteiger charge is -2.18. The number of hydrogen-bond acceptors (Lipinski definition) is 9. The number of thiazole rings is 1. The fraction of sp³-hybridized carbons (Fsp3) is 0.286. The molecule has 0 aromatic carbocycles. The van der Waals surface area contributed by atoms with Crippen LogP contribution in [0.15, 0.2) is 24.8 Å². The topological polar surface area (TPSA) is 133 Å². The van der Waals surface area contributed by atoms with Crippen LogP contribution in [0.1, 0.15) is 57.2 Å². The van der Waals surface area contributed by atoms with Crippen molar-refractivity contribution in [2.24, 2.45) is 0 Å². The van der Waals surface area contributed by atoms with Gasteiger partial charge >= 0.3 is 6.18 Å². The average molecular weight is 561 g/mol. The molecule has 3 aromatic heterocycles. The number of nitrogens with one attached hydrogen (secondary N) is 2. The van der Waals surface area contributed by atoms with E-state index in [2.05, 4.69) is 42.4 Å². The number of hydrogen-bond donors (Lipinski definition) is 4. The summed E-state index contributed by atoms with van der Waals surface area (Å²) in [6, 6.07) is 0.0587. The molecule has 0 spiro atoms. The standard InChI is InChI=1S/C21H17Cl2F3N6O3S/c1-10(31-19(35)17-16(23)13(29-9-30-17)4-2-3-5-33)20-28-8-14(36-20)18(34)32-15-6-11(21(24,25)26)12(22)7-27-15/h6-10,19,31,33,35H,3,5H2,1H3,(H,27,32,34). The summed E-state index contributed by atoms with van der Waals surface area (Å²) in [6.07, 6.45) is -2.60. The van der Waals surface area contributed by atoms with Gasteiger partial charge in [-0.05, 0) is 18.9 Å². The number of rotatable bonds is 7. The first-order valence-electron chi connectivity index (χ1n) is 10.0. The maximum atomic E-state index is 13.0. The van der Waals surface area contributed by atoms with Crippen molar-refractivity contribution >= 4 is 46.3 Å². The van der Waals surface area contributed by atoms with Crippen molar-refractivity contribution in [2.75, 3.05) is 11.9 Å². The third-order valence-electron chi connectivity index (χ3n) is 4.45. The maximum Gasteiger partial charge on any atom is 0.418 e. The number of aromatic nitrogens is 4. The number of carbonyl (C=O) groups is 1. The van der Waals surface area contributed by atoms with Crippen LogP contribution in [0.4, 0.5) is 19.0 Å². The van der Waals surface area contributed by atoms with Crippen LogP contribution in [-0.2, 0) is 6.18 Å². The minimum atomic E-state index is -4.71. The van der Waals surface area contributed by atoms with E-state index in [0.717, 1.165) is 17.5 Å². The Hall–Kier alpha value is -2.86. The summed E-state index contributed by atoms with van der Waals surface area (Å²) >= 11 is 12.7. The second-order valence-electron chi connectivity index (χ2n) is 7.05. The summed E-state index contributed by atoms with van der Waals surface area (Å²) in [5.41, 5.74) is -0.880. The number of aliphatic hydroxyl groups is 2. The smallest absolute Gasteiger partial charge is 0.395 e. The van der Waals surface area contributed by atoms with Gasteiger partial charge in [-0.2, -0.15) is 13.2 Å². The van der Waals surface area contributed by atoms with Crippen molar-refractivity contribution in [3.05, 3.63) is 61.7 Å². The number of anilines is 1. The van der Waals surface area contributed by atoms with Crippen LogP contribution in [0.5, 0.6) is 0 Å². The maximum absolute atomic E-state index is 13.0. The Morgan fingerprint density at radius 2 is 1.97 bits per heavy atom. The van der Waals surface area contributed by atoms with E-state index < -0.39 is 34.9 Å². The Labute approximate surface area is 216 Å². The molecule has 4 N–H and O–H groups in total. The molecule has 0 saturated heterocycles. The van der Waals surface area contributed by atoms with Gasteiger partial charge in [-0.3, -0.25) is 10.1 Å². The summed E-state index contributed by atoms with van der Waals surface area (Å²) in [4.78, 5) is 28.4. The number of alkyl halides is 3. The molecule has 9 nitrogen and oxygen atoms in total. The van der Waals surface area contributed by atoms with Crippen LogP contribution in [0.25, 0.3) is 0 Å². The molecule has 1 amide bonds. The number of pyridine rings is 1. The number of halogens is 5. The van der Waals surface area contributed by atoms with E-state index in [1.807, 2.05) is 0 Å². The number of nitrogens with zero attached hydrogens (tertiary/aromatic N) is 4. The molecule has 15 heteroatoms. The minimum Gasteiger partial charge on any atom is -0.395 e. The molecule has 0 fully saturated rings.